The Balaban J connectivity index is 2.65. The minimum atomic E-state index is -1.48. The first-order valence-electron chi connectivity index (χ1n) is 22.4. The Labute approximate surface area is 378 Å². The van der Waals surface area contributed by atoms with Gasteiger partial charge in [0.2, 0.25) is 0 Å². The molecule has 0 bridgehead atoms. The molecule has 0 radical (unpaired) electrons. The van der Waals surface area contributed by atoms with E-state index < -0.39 is 139 Å². The molecule has 18 heteroatoms. The van der Waals surface area contributed by atoms with Crippen molar-refractivity contribution in [3.8, 4) is 0 Å². The van der Waals surface area contributed by atoms with Gasteiger partial charge in [-0.3, -0.25) is 28.8 Å². The Morgan fingerprint density at radius 3 is 1.42 bits per heavy atom. The Bertz CT molecular complexity index is 1580. The van der Waals surface area contributed by atoms with Crippen molar-refractivity contribution in [1.29, 1.82) is 0 Å². The monoisotopic (exact) mass is 914 g/mol. The molecule has 0 saturated carbocycles. The predicted molar refractivity (Wildman–Crippen MR) is 227 cm³/mol. The molecule has 0 aromatic carbocycles. The third-order valence-electron chi connectivity index (χ3n) is 10.3. The molecule has 0 spiro atoms. The van der Waals surface area contributed by atoms with E-state index in [0.717, 1.165) is 0 Å². The summed E-state index contributed by atoms with van der Waals surface area (Å²) >= 11 is 0. The molecule has 2 fully saturated rings. The van der Waals surface area contributed by atoms with Crippen molar-refractivity contribution in [1.82, 2.24) is 0 Å². The van der Waals surface area contributed by atoms with Crippen molar-refractivity contribution in [2.75, 3.05) is 26.9 Å². The van der Waals surface area contributed by atoms with Gasteiger partial charge in [-0.2, -0.15) is 0 Å². The summed E-state index contributed by atoms with van der Waals surface area (Å²) in [6.07, 6.45) is -9.01. The van der Waals surface area contributed by atoms with Crippen LogP contribution in [0.15, 0.2) is 11.6 Å². The van der Waals surface area contributed by atoms with E-state index in [4.69, 9.17) is 52.1 Å². The van der Waals surface area contributed by atoms with Gasteiger partial charge in [0.15, 0.2) is 49.2 Å². The van der Waals surface area contributed by atoms with Gasteiger partial charge in [-0.05, 0) is 32.1 Å². The average molecular weight is 915 g/mol. The van der Waals surface area contributed by atoms with Crippen molar-refractivity contribution in [3.05, 3.63) is 11.6 Å². The smallest absolute Gasteiger partial charge is 0.333 e. The van der Waals surface area contributed by atoms with E-state index in [9.17, 15) is 33.6 Å². The summed E-state index contributed by atoms with van der Waals surface area (Å²) in [5.74, 6) is -8.14. The zero-order valence-electron chi connectivity index (χ0n) is 40.4. The standard InChI is InChI=1S/C46H74O18/c1-23(2)38(47)58-31-21-56-45(36(63-42(51)27(9)10)34(31)61-40(49)25(5)6)57-22-32-33(60-39(48)24(3)4)35(62-41(50)26(7)8)37(64-43(52)28(11)12)46(59-32)55-20-19-29(13)17-16-18-30(14)44(53)54-15/h18,23-29,31-37,45-46H,16-17,19-22H2,1-15H3/b30-18+/t29-,31-,32+,33+,34-,35-,36+,37+,45-,46+/m0/s1. The highest BCUT2D eigenvalue weighted by molar-refractivity contribution is 5.87. The van der Waals surface area contributed by atoms with Crippen LogP contribution in [0.3, 0.4) is 0 Å². The van der Waals surface area contributed by atoms with Gasteiger partial charge >= 0.3 is 41.8 Å². The Morgan fingerprint density at radius 1 is 0.531 bits per heavy atom. The van der Waals surface area contributed by atoms with Gasteiger partial charge in [0.1, 0.15) is 6.10 Å². The van der Waals surface area contributed by atoms with Gasteiger partial charge in [-0.15, -0.1) is 0 Å². The fourth-order valence-corrected chi connectivity index (χ4v) is 5.99. The maximum Gasteiger partial charge on any atom is 0.333 e. The van der Waals surface area contributed by atoms with Crippen LogP contribution >= 0.6 is 0 Å². The van der Waals surface area contributed by atoms with Crippen LogP contribution in [0.5, 0.6) is 0 Å². The lowest BCUT2D eigenvalue weighted by Crippen LogP contribution is -2.64. The van der Waals surface area contributed by atoms with E-state index in [-0.39, 0.29) is 19.1 Å². The zero-order chi connectivity index (χ0) is 48.6. The lowest BCUT2D eigenvalue weighted by atomic mass is 9.97. The molecule has 2 heterocycles. The molecule has 0 aliphatic carbocycles. The van der Waals surface area contributed by atoms with Crippen LogP contribution < -0.4 is 0 Å². The van der Waals surface area contributed by atoms with Gasteiger partial charge in [0.05, 0.1) is 62.4 Å². The van der Waals surface area contributed by atoms with Gasteiger partial charge in [0.25, 0.3) is 0 Å². The molecule has 366 valence electrons. The first-order valence-corrected chi connectivity index (χ1v) is 22.4. The highest BCUT2D eigenvalue weighted by Gasteiger charge is 2.55. The summed E-state index contributed by atoms with van der Waals surface area (Å²) < 4.78 is 65.3. The molecule has 2 saturated heterocycles. The zero-order valence-corrected chi connectivity index (χ0v) is 40.4. The molecule has 18 nitrogen and oxygen atoms in total. The summed E-state index contributed by atoms with van der Waals surface area (Å²) in [7, 11) is 1.32. The molecule has 10 atom stereocenters. The van der Waals surface area contributed by atoms with Gasteiger partial charge in [0, 0.05) is 5.57 Å². The lowest BCUT2D eigenvalue weighted by molar-refractivity contribution is -0.327. The highest BCUT2D eigenvalue weighted by Crippen LogP contribution is 2.34. The SMILES string of the molecule is COC(=O)/C(C)=C/CC[C@H](C)CCO[C@@H]1O[C@H](CO[C@@H]2OC[C@H](OC(=O)C(C)C)[C@H](OC(=O)C(C)C)[C@H]2OC(=O)C(C)C)[C@@H](OC(=O)C(C)C)[C@H](OC(=O)C(C)C)[C@H]1OC(=O)C(C)C. The quantitative estimate of drug-likeness (QED) is 0.0708. The van der Waals surface area contributed by atoms with E-state index in [1.54, 1.807) is 96.1 Å². The summed E-state index contributed by atoms with van der Waals surface area (Å²) in [5, 5.41) is 0. The Morgan fingerprint density at radius 2 is 0.953 bits per heavy atom. The number of ether oxygens (including phenoxy) is 11. The van der Waals surface area contributed by atoms with Crippen LogP contribution in [0, 0.1) is 41.4 Å². The van der Waals surface area contributed by atoms with Gasteiger partial charge < -0.3 is 52.1 Å². The molecular formula is C46H74O18. The van der Waals surface area contributed by atoms with Crippen molar-refractivity contribution < 1.29 is 85.7 Å². The van der Waals surface area contributed by atoms with Crippen LogP contribution in [0.25, 0.3) is 0 Å². The number of rotatable bonds is 23. The molecule has 64 heavy (non-hydrogen) atoms. The minimum Gasteiger partial charge on any atom is -0.466 e. The van der Waals surface area contributed by atoms with Crippen LogP contribution in [-0.2, 0) is 85.7 Å². The van der Waals surface area contributed by atoms with Crippen molar-refractivity contribution >= 4 is 41.8 Å². The van der Waals surface area contributed by atoms with E-state index in [1.165, 1.54) is 7.11 Å². The second-order valence-electron chi connectivity index (χ2n) is 18.2. The second kappa shape index (κ2) is 26.7. The molecule has 2 aliphatic heterocycles. The average Bonchev–Trinajstić information content (AvgIpc) is 3.22. The van der Waals surface area contributed by atoms with Crippen LogP contribution in [0.2, 0.25) is 0 Å². The third kappa shape index (κ3) is 17.3. The molecular weight excluding hydrogens is 840 g/mol. The van der Waals surface area contributed by atoms with Crippen molar-refractivity contribution in [2.24, 2.45) is 41.4 Å². The maximum absolute atomic E-state index is 13.4. The third-order valence-corrected chi connectivity index (χ3v) is 10.3. The molecule has 0 N–H and O–H groups in total. The normalized spacial score (nSPS) is 25.6. The molecule has 0 unspecified atom stereocenters. The number of carbonyl (C=O) groups is 7. The number of methoxy groups -OCH3 is 1. The second-order valence-corrected chi connectivity index (χ2v) is 18.2. The van der Waals surface area contributed by atoms with E-state index in [1.807, 2.05) is 6.92 Å². The molecule has 2 aliphatic rings. The molecule has 2 rings (SSSR count). The van der Waals surface area contributed by atoms with Crippen molar-refractivity contribution in [2.45, 2.75) is 172 Å². The van der Waals surface area contributed by atoms with E-state index in [2.05, 4.69) is 0 Å². The predicted octanol–water partition coefficient (Wildman–Crippen LogP) is 5.43. The summed E-state index contributed by atoms with van der Waals surface area (Å²) in [6, 6.07) is 0. The van der Waals surface area contributed by atoms with Crippen LogP contribution in [-0.4, -0.2) is 124 Å². The molecule has 0 aromatic heterocycles. The molecule has 0 amide bonds. The number of hydrogen-bond acceptors (Lipinski definition) is 18. The lowest BCUT2D eigenvalue weighted by Gasteiger charge is -2.46. The summed E-state index contributed by atoms with van der Waals surface area (Å²) in [5.41, 5.74) is 0.490. The van der Waals surface area contributed by atoms with Crippen LogP contribution in [0.1, 0.15) is 116 Å². The Hall–Kier alpha value is -4.13. The number of allylic oxidation sites excluding steroid dienone is 1. The highest BCUT2D eigenvalue weighted by atomic mass is 16.8. The number of hydrogen-bond donors (Lipinski definition) is 0. The van der Waals surface area contributed by atoms with Crippen LogP contribution in [0.4, 0.5) is 0 Å². The van der Waals surface area contributed by atoms with E-state index in [0.29, 0.717) is 24.8 Å². The first kappa shape index (κ1) is 56.0. The first-order chi connectivity index (χ1) is 29.9. The fourth-order valence-electron chi connectivity index (χ4n) is 5.99. The van der Waals surface area contributed by atoms with Gasteiger partial charge in [-0.25, -0.2) is 4.79 Å². The number of carbonyl (C=O) groups excluding carboxylic acids is 7. The van der Waals surface area contributed by atoms with E-state index >= 15 is 0 Å². The molecule has 0 aromatic rings. The largest absolute Gasteiger partial charge is 0.466 e. The fraction of sp³-hybridized carbons (Fsp3) is 0.804. The minimum absolute atomic E-state index is 0.0779. The maximum atomic E-state index is 13.4. The summed E-state index contributed by atoms with van der Waals surface area (Å²) in [6.45, 7) is 22.3. The van der Waals surface area contributed by atoms with Gasteiger partial charge in [-0.1, -0.05) is 96.1 Å². The number of esters is 7. The van der Waals surface area contributed by atoms with Crippen molar-refractivity contribution in [3.63, 3.8) is 0 Å². The Kier molecular flexibility index (Phi) is 23.4. The summed E-state index contributed by atoms with van der Waals surface area (Å²) in [4.78, 5) is 91.0. The topological polar surface area (TPSA) is 221 Å².